The molecular weight excluding hydrogens is 652 g/mol. The van der Waals surface area contributed by atoms with Gasteiger partial charge in [0.2, 0.25) is 13.5 Å². The van der Waals surface area contributed by atoms with Crippen LogP contribution in [0.5, 0.6) is 0 Å². The van der Waals surface area contributed by atoms with Crippen molar-refractivity contribution in [3.05, 3.63) is 29.3 Å². The SMILES string of the molecule is [B]COC1C(O)C(COP([B])(=O)OC2C(COP=O)OC(n3cnc4c(N)ncnc43)C2O)OC1n1cnc2c(=O)[nH]c(N)nc21. The third-order valence-corrected chi connectivity index (χ3v) is 8.58. The number of imidazole rings is 2. The molecule has 0 amide bonds. The normalized spacial score (nSPS) is 29.6. The summed E-state index contributed by atoms with van der Waals surface area (Å²) in [6, 6.07) is 0. The van der Waals surface area contributed by atoms with E-state index in [0.717, 1.165) is 0 Å². The number of hydrogen-bond donors (Lipinski definition) is 5. The van der Waals surface area contributed by atoms with Gasteiger partial charge in [0.1, 0.15) is 56.3 Å². The fourth-order valence-corrected chi connectivity index (χ4v) is 6.47. The first kappa shape index (κ1) is 32.6. The Hall–Kier alpha value is -3.36. The summed E-state index contributed by atoms with van der Waals surface area (Å²) < 4.78 is 60.1. The van der Waals surface area contributed by atoms with E-state index in [9.17, 15) is 24.1 Å². The Labute approximate surface area is 261 Å². The van der Waals surface area contributed by atoms with Crippen LogP contribution in [0.1, 0.15) is 12.5 Å². The summed E-state index contributed by atoms with van der Waals surface area (Å²) in [5.74, 6) is -0.102. The number of aromatic nitrogens is 8. The molecule has 2 aliphatic rings. The highest BCUT2D eigenvalue weighted by molar-refractivity contribution is 7.79. The van der Waals surface area contributed by atoms with Crippen LogP contribution < -0.4 is 17.0 Å². The van der Waals surface area contributed by atoms with Crippen molar-refractivity contribution in [2.45, 2.75) is 49.1 Å². The van der Waals surface area contributed by atoms with E-state index in [-0.39, 0.29) is 47.2 Å². The Kier molecular flexibility index (Phi) is 9.23. The zero-order valence-electron chi connectivity index (χ0n) is 23.4. The number of anilines is 2. The molecule has 4 radical (unpaired) electrons. The molecule has 0 bridgehead atoms. The number of nitrogen functional groups attached to an aromatic ring is 2. The second kappa shape index (κ2) is 13.0. The number of aliphatic hydroxyl groups is 2. The summed E-state index contributed by atoms with van der Waals surface area (Å²) in [5.41, 5.74) is 11.4. The lowest BCUT2D eigenvalue weighted by Crippen LogP contribution is -2.37. The number of fused-ring (bicyclic) bond motifs is 2. The number of H-pyrrole nitrogens is 1. The zero-order valence-corrected chi connectivity index (χ0v) is 25.2. The lowest BCUT2D eigenvalue weighted by Gasteiger charge is -2.26. The number of rotatable bonds is 12. The van der Waals surface area contributed by atoms with Gasteiger partial charge in [0.25, 0.3) is 13.0 Å². The van der Waals surface area contributed by atoms with Gasteiger partial charge in [-0.15, -0.1) is 0 Å². The minimum absolute atomic E-state index is 0.0359. The van der Waals surface area contributed by atoms with E-state index in [0.29, 0.717) is 0 Å². The van der Waals surface area contributed by atoms with Gasteiger partial charge in [-0.2, -0.15) is 4.98 Å². The Morgan fingerprint density at radius 3 is 2.46 bits per heavy atom. The fraction of sp³-hybridized carbons (Fsp3) is 0.524. The van der Waals surface area contributed by atoms with Crippen LogP contribution in [0.25, 0.3) is 22.3 Å². The molecule has 6 heterocycles. The molecule has 7 N–H and O–H groups in total. The quantitative estimate of drug-likeness (QED) is 0.0805. The predicted molar refractivity (Wildman–Crippen MR) is 155 cm³/mol. The van der Waals surface area contributed by atoms with Gasteiger partial charge in [-0.3, -0.25) is 28.0 Å². The summed E-state index contributed by atoms with van der Waals surface area (Å²) in [6.07, 6.45) is -6.54. The molecule has 0 saturated carbocycles. The first-order valence-electron chi connectivity index (χ1n) is 13.3. The van der Waals surface area contributed by atoms with Gasteiger partial charge >= 0.3 is 8.69 Å². The van der Waals surface area contributed by atoms with Crippen LogP contribution in [0.4, 0.5) is 11.8 Å². The van der Waals surface area contributed by atoms with E-state index in [1.807, 2.05) is 0 Å². The number of aliphatic hydroxyl groups excluding tert-OH is 2. The standard InChI is InChI=1S/C21H24B2N10O11P2/c22-3-39-14-11(34)7(42-20(14)33-6-29-10-17(33)30-21(25)31-18(10)36)2-41-46(23,38)44-13-8(1-40-45-37)43-19(12(13)35)32-5-28-9-15(24)26-4-27-16(9)32/h4-8,11-14,19-20,34-35H,1-3H2,(H2,24,26,27)(H3,25,30,31,36). The smallest absolute Gasteiger partial charge is 0.327 e. The maximum atomic E-state index is 13.4. The van der Waals surface area contributed by atoms with Crippen LogP contribution in [0.15, 0.2) is 23.8 Å². The average Bonchev–Trinajstić information content (AvgIpc) is 3.77. The van der Waals surface area contributed by atoms with Gasteiger partial charge in [0.05, 0.1) is 25.9 Å². The van der Waals surface area contributed by atoms with Crippen LogP contribution in [0.3, 0.4) is 0 Å². The number of aromatic amines is 1. The van der Waals surface area contributed by atoms with E-state index in [1.165, 1.54) is 28.1 Å². The average molecular weight is 676 g/mol. The number of nitrogens with zero attached hydrogens (tertiary/aromatic N) is 7. The Morgan fingerprint density at radius 1 is 1.00 bits per heavy atom. The summed E-state index contributed by atoms with van der Waals surface area (Å²) in [6.45, 7) is -1.31. The molecule has 6 rings (SSSR count). The molecule has 25 heteroatoms. The minimum Gasteiger partial charge on any atom is -0.387 e. The number of ether oxygens (including phenoxy) is 3. The molecule has 2 saturated heterocycles. The summed E-state index contributed by atoms with van der Waals surface area (Å²) in [4.78, 5) is 34.8. The molecule has 2 aliphatic heterocycles. The monoisotopic (exact) mass is 676 g/mol. The van der Waals surface area contributed by atoms with Crippen molar-refractivity contribution in [3.63, 3.8) is 0 Å². The Balaban J connectivity index is 1.18. The third kappa shape index (κ3) is 6.06. The topological polar surface area (TPSA) is 289 Å². The zero-order chi connectivity index (χ0) is 32.7. The van der Waals surface area contributed by atoms with E-state index < -0.39 is 77.4 Å². The molecule has 0 aromatic carbocycles. The number of hydrogen-bond acceptors (Lipinski definition) is 18. The predicted octanol–water partition coefficient (Wildman–Crippen LogP) is -1.95. The van der Waals surface area contributed by atoms with Crippen molar-refractivity contribution in [1.82, 2.24) is 39.0 Å². The van der Waals surface area contributed by atoms with E-state index in [2.05, 4.69) is 29.9 Å². The van der Waals surface area contributed by atoms with Gasteiger partial charge in [0, 0.05) is 6.51 Å². The maximum absolute atomic E-state index is 13.4. The molecule has 21 nitrogen and oxygen atoms in total. The lowest BCUT2D eigenvalue weighted by atomic mass is 10.1. The lowest BCUT2D eigenvalue weighted by molar-refractivity contribution is -0.0612. The van der Waals surface area contributed by atoms with Crippen LogP contribution in [0, 0.1) is 0 Å². The molecule has 9 unspecified atom stereocenters. The first-order chi connectivity index (χ1) is 22.0. The van der Waals surface area contributed by atoms with Crippen molar-refractivity contribution < 1.29 is 47.1 Å². The number of nitrogens with one attached hydrogen (secondary N) is 1. The molecule has 9 atom stereocenters. The van der Waals surface area contributed by atoms with Gasteiger partial charge < -0.3 is 44.9 Å². The largest absolute Gasteiger partial charge is 0.387 e. The molecular formula is C21H24B2N10O11P2. The van der Waals surface area contributed by atoms with Crippen molar-refractivity contribution in [3.8, 4) is 0 Å². The fourth-order valence-electron chi connectivity index (χ4n) is 5.25. The van der Waals surface area contributed by atoms with E-state index >= 15 is 0 Å². The van der Waals surface area contributed by atoms with Crippen molar-refractivity contribution in [2.24, 2.45) is 0 Å². The molecule has 4 aromatic rings. The highest BCUT2D eigenvalue weighted by Gasteiger charge is 2.50. The highest BCUT2D eigenvalue weighted by atomic mass is 31.2. The molecule has 240 valence electrons. The first-order valence-corrected chi connectivity index (χ1v) is 15.7. The van der Waals surface area contributed by atoms with Crippen molar-refractivity contribution in [2.75, 3.05) is 31.2 Å². The number of nitrogens with two attached hydrogens (primary N) is 2. The Morgan fingerprint density at radius 2 is 1.72 bits per heavy atom. The van der Waals surface area contributed by atoms with E-state index in [4.69, 9.17) is 54.7 Å². The van der Waals surface area contributed by atoms with Gasteiger partial charge in [-0.1, -0.05) is 0 Å². The second-order valence-corrected chi connectivity index (χ2v) is 12.0. The molecule has 46 heavy (non-hydrogen) atoms. The summed E-state index contributed by atoms with van der Waals surface area (Å²) in [5, 5.41) is 22.2. The Bertz CT molecular complexity index is 1850. The maximum Gasteiger partial charge on any atom is 0.327 e. The summed E-state index contributed by atoms with van der Waals surface area (Å²) in [7, 11) is 6.22. The molecule has 0 spiro atoms. The van der Waals surface area contributed by atoms with Crippen LogP contribution in [0.2, 0.25) is 0 Å². The molecule has 0 aliphatic carbocycles. The van der Waals surface area contributed by atoms with E-state index in [1.54, 1.807) is 0 Å². The van der Waals surface area contributed by atoms with Gasteiger partial charge in [-0.25, -0.2) is 24.5 Å². The molecule has 4 aromatic heterocycles. The van der Waals surface area contributed by atoms with Crippen LogP contribution in [-0.4, -0.2) is 121 Å². The van der Waals surface area contributed by atoms with Crippen molar-refractivity contribution >= 4 is 65.7 Å². The highest BCUT2D eigenvalue weighted by Crippen LogP contribution is 2.49. The van der Waals surface area contributed by atoms with Gasteiger partial charge in [-0.05, 0) is 0 Å². The van der Waals surface area contributed by atoms with Crippen LogP contribution >= 0.6 is 16.2 Å². The minimum atomic E-state index is -4.55. The summed E-state index contributed by atoms with van der Waals surface area (Å²) >= 11 is 0. The van der Waals surface area contributed by atoms with Crippen molar-refractivity contribution in [1.29, 1.82) is 0 Å². The molecule has 2 fully saturated rings. The second-order valence-electron chi connectivity index (χ2n) is 10.0. The van der Waals surface area contributed by atoms with Crippen LogP contribution in [-0.2, 0) is 36.9 Å². The third-order valence-electron chi connectivity index (χ3n) is 7.28. The van der Waals surface area contributed by atoms with Gasteiger partial charge in [0.15, 0.2) is 35.1 Å².